The maximum atomic E-state index is 10.1. The van der Waals surface area contributed by atoms with Gasteiger partial charge in [-0.15, -0.1) is 0 Å². The minimum atomic E-state index is -1.52. The lowest BCUT2D eigenvalue weighted by atomic mass is 10.1. The molecule has 0 spiro atoms. The van der Waals surface area contributed by atoms with Crippen LogP contribution in [0.25, 0.3) is 0 Å². The van der Waals surface area contributed by atoms with Crippen molar-refractivity contribution in [1.82, 2.24) is 6.15 Å². The number of rotatable bonds is 2. The van der Waals surface area contributed by atoms with Crippen LogP contribution in [0.4, 0.5) is 0 Å². The second-order valence-corrected chi connectivity index (χ2v) is 2.13. The van der Waals surface area contributed by atoms with Crippen LogP contribution in [-0.2, 0) is 4.79 Å². The van der Waals surface area contributed by atoms with Gasteiger partial charge in [0.25, 0.3) is 0 Å². The van der Waals surface area contributed by atoms with E-state index < -0.39 is 12.1 Å². The molecule has 0 aliphatic rings. The van der Waals surface area contributed by atoms with Gasteiger partial charge in [-0.25, -0.2) is 0 Å². The first-order chi connectivity index (χ1) is 5.22. The SMILES string of the molecule is O=C([O-])[C@@H](O)c1ccccc1.[NH4+]. The van der Waals surface area contributed by atoms with Crippen molar-refractivity contribution in [2.45, 2.75) is 6.10 Å². The van der Waals surface area contributed by atoms with Crippen LogP contribution in [0.15, 0.2) is 30.3 Å². The average Bonchev–Trinajstić information content (AvgIpc) is 2.05. The smallest absolute Gasteiger partial charge is 0.118 e. The Hall–Kier alpha value is -1.39. The Kier molecular flexibility index (Phi) is 3.96. The summed E-state index contributed by atoms with van der Waals surface area (Å²) >= 11 is 0. The number of hydrogen-bond donors (Lipinski definition) is 2. The van der Waals surface area contributed by atoms with Gasteiger partial charge in [0.1, 0.15) is 6.10 Å². The van der Waals surface area contributed by atoms with E-state index in [1.54, 1.807) is 18.2 Å². The third kappa shape index (κ3) is 2.34. The number of quaternary nitrogens is 1. The van der Waals surface area contributed by atoms with Crippen molar-refractivity contribution >= 4 is 5.97 Å². The summed E-state index contributed by atoms with van der Waals surface area (Å²) in [4.78, 5) is 10.1. The highest BCUT2D eigenvalue weighted by Crippen LogP contribution is 2.09. The van der Waals surface area contributed by atoms with Crippen LogP contribution >= 0.6 is 0 Å². The van der Waals surface area contributed by atoms with Crippen LogP contribution in [-0.4, -0.2) is 11.1 Å². The fourth-order valence-electron chi connectivity index (χ4n) is 0.771. The van der Waals surface area contributed by atoms with Gasteiger partial charge in [-0.05, 0) is 5.56 Å². The van der Waals surface area contributed by atoms with Gasteiger partial charge in [0, 0.05) is 0 Å². The van der Waals surface area contributed by atoms with Crippen molar-refractivity contribution < 1.29 is 15.0 Å². The number of benzene rings is 1. The van der Waals surface area contributed by atoms with Gasteiger partial charge in [-0.1, -0.05) is 30.3 Å². The van der Waals surface area contributed by atoms with E-state index in [1.807, 2.05) is 0 Å². The highest BCUT2D eigenvalue weighted by atomic mass is 16.4. The highest BCUT2D eigenvalue weighted by molar-refractivity contribution is 5.71. The van der Waals surface area contributed by atoms with Crippen LogP contribution in [0.5, 0.6) is 0 Å². The molecular formula is C8H11NO3. The Morgan fingerprint density at radius 3 is 2.25 bits per heavy atom. The molecule has 0 aliphatic carbocycles. The molecule has 0 amide bonds. The van der Waals surface area contributed by atoms with E-state index in [4.69, 9.17) is 5.11 Å². The molecule has 0 unspecified atom stereocenters. The van der Waals surface area contributed by atoms with E-state index in [-0.39, 0.29) is 6.15 Å². The Morgan fingerprint density at radius 1 is 1.33 bits per heavy atom. The van der Waals surface area contributed by atoms with Crippen molar-refractivity contribution in [3.63, 3.8) is 0 Å². The molecule has 66 valence electrons. The lowest BCUT2D eigenvalue weighted by molar-refractivity contribution is -0.315. The zero-order valence-corrected chi connectivity index (χ0v) is 6.73. The summed E-state index contributed by atoms with van der Waals surface area (Å²) in [6.07, 6.45) is -1.52. The minimum Gasteiger partial charge on any atom is -0.547 e. The predicted octanol–water partition coefficient (Wildman–Crippen LogP) is -0.154. The van der Waals surface area contributed by atoms with Crippen molar-refractivity contribution in [2.75, 3.05) is 0 Å². The summed E-state index contributed by atoms with van der Waals surface area (Å²) in [5.74, 6) is -1.48. The molecule has 0 aliphatic heterocycles. The van der Waals surface area contributed by atoms with Crippen molar-refractivity contribution in [3.05, 3.63) is 35.9 Å². The summed E-state index contributed by atoms with van der Waals surface area (Å²) in [5.41, 5.74) is 0.340. The molecule has 0 saturated heterocycles. The summed E-state index contributed by atoms with van der Waals surface area (Å²) in [5, 5.41) is 19.1. The second-order valence-electron chi connectivity index (χ2n) is 2.13. The Morgan fingerprint density at radius 2 is 1.83 bits per heavy atom. The third-order valence-corrected chi connectivity index (χ3v) is 1.34. The van der Waals surface area contributed by atoms with Gasteiger partial charge in [0.15, 0.2) is 0 Å². The van der Waals surface area contributed by atoms with Crippen LogP contribution in [0.3, 0.4) is 0 Å². The van der Waals surface area contributed by atoms with E-state index in [0.29, 0.717) is 5.56 Å². The first-order valence-corrected chi connectivity index (χ1v) is 3.15. The average molecular weight is 169 g/mol. The van der Waals surface area contributed by atoms with Gasteiger partial charge in [-0.3, -0.25) is 0 Å². The van der Waals surface area contributed by atoms with E-state index >= 15 is 0 Å². The van der Waals surface area contributed by atoms with Gasteiger partial charge in [0.2, 0.25) is 0 Å². The number of carbonyl (C=O) groups excluding carboxylic acids is 1. The molecule has 5 N–H and O–H groups in total. The largest absolute Gasteiger partial charge is 0.547 e. The van der Waals surface area contributed by atoms with E-state index in [9.17, 15) is 9.90 Å². The van der Waals surface area contributed by atoms with Crippen molar-refractivity contribution in [2.24, 2.45) is 0 Å². The summed E-state index contributed by atoms with van der Waals surface area (Å²) in [6, 6.07) is 8.11. The monoisotopic (exact) mass is 169 g/mol. The summed E-state index contributed by atoms with van der Waals surface area (Å²) in [6.45, 7) is 0. The molecule has 4 heteroatoms. The fourth-order valence-corrected chi connectivity index (χ4v) is 0.771. The molecule has 0 saturated carbocycles. The van der Waals surface area contributed by atoms with Crippen LogP contribution in [0, 0.1) is 0 Å². The van der Waals surface area contributed by atoms with Crippen molar-refractivity contribution in [3.8, 4) is 0 Å². The second kappa shape index (κ2) is 4.48. The molecule has 1 atom stereocenters. The maximum absolute atomic E-state index is 10.1. The standard InChI is InChI=1S/C8H8O3.H3N/c9-7(8(10)11)6-4-2-1-3-5-6;/h1-5,7,9H,(H,10,11);1H3/t7-;/m0./s1. The third-order valence-electron chi connectivity index (χ3n) is 1.34. The van der Waals surface area contributed by atoms with Gasteiger partial charge >= 0.3 is 0 Å². The maximum Gasteiger partial charge on any atom is 0.118 e. The molecule has 4 nitrogen and oxygen atoms in total. The Labute approximate surface area is 70.0 Å². The summed E-state index contributed by atoms with van der Waals surface area (Å²) < 4.78 is 0. The molecule has 0 aromatic heterocycles. The minimum absolute atomic E-state index is 0. The molecule has 0 radical (unpaired) electrons. The molecule has 0 fully saturated rings. The Bertz CT molecular complexity index is 248. The fraction of sp³-hybridized carbons (Fsp3) is 0.125. The molecule has 0 heterocycles. The summed E-state index contributed by atoms with van der Waals surface area (Å²) in [7, 11) is 0. The number of carbonyl (C=O) groups is 1. The van der Waals surface area contributed by atoms with E-state index in [0.717, 1.165) is 0 Å². The van der Waals surface area contributed by atoms with Crippen LogP contribution in [0.2, 0.25) is 0 Å². The van der Waals surface area contributed by atoms with E-state index in [2.05, 4.69) is 0 Å². The van der Waals surface area contributed by atoms with Crippen LogP contribution in [0.1, 0.15) is 11.7 Å². The number of hydrogen-bond acceptors (Lipinski definition) is 3. The first-order valence-electron chi connectivity index (χ1n) is 3.15. The number of aliphatic carboxylic acids is 1. The highest BCUT2D eigenvalue weighted by Gasteiger charge is 2.05. The first kappa shape index (κ1) is 10.6. The zero-order valence-electron chi connectivity index (χ0n) is 6.73. The topological polar surface area (TPSA) is 96.9 Å². The van der Waals surface area contributed by atoms with Gasteiger partial charge < -0.3 is 21.2 Å². The Balaban J connectivity index is 0.00000121. The quantitative estimate of drug-likeness (QED) is 0.644. The molecule has 1 aromatic carbocycles. The molecule has 1 rings (SSSR count). The zero-order chi connectivity index (χ0) is 8.27. The van der Waals surface area contributed by atoms with Gasteiger partial charge in [0.05, 0.1) is 5.97 Å². The van der Waals surface area contributed by atoms with Crippen LogP contribution < -0.4 is 11.3 Å². The predicted molar refractivity (Wildman–Crippen MR) is 42.4 cm³/mol. The molecular weight excluding hydrogens is 158 g/mol. The number of aliphatic hydroxyl groups is 1. The number of aliphatic hydroxyl groups excluding tert-OH is 1. The normalized spacial score (nSPS) is 11.4. The lowest BCUT2D eigenvalue weighted by Crippen LogP contribution is -2.29. The van der Waals surface area contributed by atoms with Crippen molar-refractivity contribution in [1.29, 1.82) is 0 Å². The molecule has 0 bridgehead atoms. The lowest BCUT2D eigenvalue weighted by Gasteiger charge is -2.10. The molecule has 1 aromatic rings. The van der Waals surface area contributed by atoms with E-state index in [1.165, 1.54) is 12.1 Å². The molecule has 12 heavy (non-hydrogen) atoms. The van der Waals surface area contributed by atoms with Gasteiger partial charge in [-0.2, -0.15) is 0 Å². The number of carboxylic acid groups (broad SMARTS) is 1. The number of carboxylic acids is 1.